The molecule has 2 fully saturated rings. The molecule has 2 heteroatoms. The predicted octanol–water partition coefficient (Wildman–Crippen LogP) is 4.13. The molecule has 1 saturated carbocycles. The normalized spacial score (nSPS) is 26.6. The molecule has 3 rings (SSSR count). The summed E-state index contributed by atoms with van der Waals surface area (Å²) in [6.45, 7) is 7.13. The Labute approximate surface area is 117 Å². The molecule has 1 saturated heterocycles. The first kappa shape index (κ1) is 12.8. The number of nitrogens with one attached hydrogen (secondary N) is 1. The third-order valence-corrected chi connectivity index (χ3v) is 4.81. The maximum Gasteiger partial charge on any atom is 0.0386 e. The van der Waals surface area contributed by atoms with Gasteiger partial charge in [-0.1, -0.05) is 19.9 Å². The van der Waals surface area contributed by atoms with Gasteiger partial charge in [-0.3, -0.25) is 0 Å². The summed E-state index contributed by atoms with van der Waals surface area (Å²) in [7, 11) is 0. The Balaban J connectivity index is 1.58. The molecule has 0 atom stereocenters. The van der Waals surface area contributed by atoms with Gasteiger partial charge in [0.15, 0.2) is 0 Å². The first-order valence-electron chi connectivity index (χ1n) is 7.84. The Morgan fingerprint density at radius 1 is 1.16 bits per heavy atom. The Morgan fingerprint density at radius 2 is 1.89 bits per heavy atom. The van der Waals surface area contributed by atoms with Crippen molar-refractivity contribution >= 4 is 11.4 Å². The van der Waals surface area contributed by atoms with Crippen LogP contribution < -0.4 is 10.2 Å². The van der Waals surface area contributed by atoms with Crippen LogP contribution in [-0.2, 0) is 0 Å². The average molecular weight is 258 g/mol. The Morgan fingerprint density at radius 3 is 2.58 bits per heavy atom. The van der Waals surface area contributed by atoms with E-state index in [1.54, 1.807) is 0 Å². The van der Waals surface area contributed by atoms with Crippen LogP contribution in [0.15, 0.2) is 24.3 Å². The lowest BCUT2D eigenvalue weighted by Crippen LogP contribution is -2.37. The first-order chi connectivity index (χ1) is 9.22. The molecule has 1 aromatic rings. The van der Waals surface area contributed by atoms with E-state index in [1.807, 2.05) is 0 Å². The minimum Gasteiger partial charge on any atom is -0.382 e. The number of anilines is 2. The summed E-state index contributed by atoms with van der Waals surface area (Å²) >= 11 is 0. The van der Waals surface area contributed by atoms with Gasteiger partial charge in [-0.15, -0.1) is 0 Å². The lowest BCUT2D eigenvalue weighted by Gasteiger charge is -2.39. The number of hydrogen-bond acceptors (Lipinski definition) is 2. The van der Waals surface area contributed by atoms with Gasteiger partial charge >= 0.3 is 0 Å². The van der Waals surface area contributed by atoms with E-state index in [0.717, 1.165) is 11.8 Å². The molecule has 1 heterocycles. The average Bonchev–Trinajstić information content (AvgIpc) is 2.87. The Bertz CT molecular complexity index is 415. The quantitative estimate of drug-likeness (QED) is 0.873. The second kappa shape index (κ2) is 5.44. The fourth-order valence-corrected chi connectivity index (χ4v) is 3.33. The van der Waals surface area contributed by atoms with Crippen molar-refractivity contribution in [2.45, 2.75) is 45.6 Å². The minimum atomic E-state index is 0.696. The van der Waals surface area contributed by atoms with Crippen molar-refractivity contribution < 1.29 is 0 Å². The Hall–Kier alpha value is -1.18. The van der Waals surface area contributed by atoms with E-state index in [-0.39, 0.29) is 0 Å². The molecule has 19 heavy (non-hydrogen) atoms. The second-order valence-corrected chi connectivity index (χ2v) is 6.56. The van der Waals surface area contributed by atoms with E-state index < -0.39 is 0 Å². The van der Waals surface area contributed by atoms with E-state index in [9.17, 15) is 0 Å². The fraction of sp³-hybridized carbons (Fsp3) is 0.647. The molecule has 0 unspecified atom stereocenters. The molecule has 0 bridgehead atoms. The molecule has 1 aromatic carbocycles. The smallest absolute Gasteiger partial charge is 0.0386 e. The van der Waals surface area contributed by atoms with Crippen molar-refractivity contribution in [2.75, 3.05) is 23.3 Å². The number of hydrogen-bond donors (Lipinski definition) is 1. The van der Waals surface area contributed by atoms with Crippen LogP contribution in [-0.4, -0.2) is 19.1 Å². The standard InChI is InChI=1S/C17H26N2/c1-13(2)14-10-16(11-14)18-15-6-5-7-17(12-15)19-8-3-4-9-19/h5-7,12-14,16,18H,3-4,8-11H2,1-2H3. The van der Waals surface area contributed by atoms with Crippen molar-refractivity contribution in [3.8, 4) is 0 Å². The fourth-order valence-electron chi connectivity index (χ4n) is 3.33. The molecule has 1 N–H and O–H groups in total. The summed E-state index contributed by atoms with van der Waals surface area (Å²) in [6.07, 6.45) is 5.36. The predicted molar refractivity (Wildman–Crippen MR) is 82.9 cm³/mol. The summed E-state index contributed by atoms with van der Waals surface area (Å²) in [5.41, 5.74) is 2.69. The van der Waals surface area contributed by atoms with Crippen LogP contribution in [0.1, 0.15) is 39.5 Å². The van der Waals surface area contributed by atoms with Crippen LogP contribution in [0, 0.1) is 11.8 Å². The van der Waals surface area contributed by atoms with Gasteiger partial charge in [-0.05, 0) is 55.7 Å². The van der Waals surface area contributed by atoms with Gasteiger partial charge in [0.25, 0.3) is 0 Å². The first-order valence-corrected chi connectivity index (χ1v) is 7.84. The van der Waals surface area contributed by atoms with Gasteiger partial charge in [0.2, 0.25) is 0 Å². The zero-order valence-corrected chi connectivity index (χ0v) is 12.2. The highest BCUT2D eigenvalue weighted by Crippen LogP contribution is 2.36. The summed E-state index contributed by atoms with van der Waals surface area (Å²) < 4.78 is 0. The molecular weight excluding hydrogens is 232 g/mol. The zero-order chi connectivity index (χ0) is 13.2. The molecule has 0 amide bonds. The minimum absolute atomic E-state index is 0.696. The van der Waals surface area contributed by atoms with Gasteiger partial charge in [-0.2, -0.15) is 0 Å². The van der Waals surface area contributed by atoms with Crippen LogP contribution in [0.4, 0.5) is 11.4 Å². The van der Waals surface area contributed by atoms with Crippen molar-refractivity contribution in [1.82, 2.24) is 0 Å². The van der Waals surface area contributed by atoms with Gasteiger partial charge in [0.1, 0.15) is 0 Å². The molecule has 2 aliphatic rings. The highest BCUT2D eigenvalue weighted by molar-refractivity contribution is 5.59. The second-order valence-electron chi connectivity index (χ2n) is 6.56. The topological polar surface area (TPSA) is 15.3 Å². The molecule has 2 nitrogen and oxygen atoms in total. The molecule has 0 aromatic heterocycles. The van der Waals surface area contributed by atoms with Crippen LogP contribution in [0.2, 0.25) is 0 Å². The van der Waals surface area contributed by atoms with Crippen molar-refractivity contribution in [3.05, 3.63) is 24.3 Å². The summed E-state index contributed by atoms with van der Waals surface area (Å²) in [4.78, 5) is 2.50. The molecule has 0 radical (unpaired) electrons. The van der Waals surface area contributed by atoms with E-state index in [2.05, 4.69) is 48.3 Å². The summed E-state index contributed by atoms with van der Waals surface area (Å²) in [5.74, 6) is 1.77. The van der Waals surface area contributed by atoms with Crippen molar-refractivity contribution in [3.63, 3.8) is 0 Å². The lowest BCUT2D eigenvalue weighted by molar-refractivity contribution is 0.212. The molecule has 1 aliphatic heterocycles. The van der Waals surface area contributed by atoms with Gasteiger partial charge in [0.05, 0.1) is 0 Å². The number of benzene rings is 1. The third kappa shape index (κ3) is 2.88. The van der Waals surface area contributed by atoms with E-state index in [4.69, 9.17) is 0 Å². The van der Waals surface area contributed by atoms with Gasteiger partial charge in [-0.25, -0.2) is 0 Å². The van der Waals surface area contributed by atoms with Gasteiger partial charge < -0.3 is 10.2 Å². The third-order valence-electron chi connectivity index (χ3n) is 4.81. The van der Waals surface area contributed by atoms with E-state index >= 15 is 0 Å². The van der Waals surface area contributed by atoms with Crippen molar-refractivity contribution in [1.29, 1.82) is 0 Å². The van der Waals surface area contributed by atoms with Crippen LogP contribution in [0.25, 0.3) is 0 Å². The van der Waals surface area contributed by atoms with Crippen LogP contribution in [0.5, 0.6) is 0 Å². The van der Waals surface area contributed by atoms with E-state index in [1.165, 1.54) is 50.1 Å². The van der Waals surface area contributed by atoms with Crippen molar-refractivity contribution in [2.24, 2.45) is 11.8 Å². The highest BCUT2D eigenvalue weighted by Gasteiger charge is 2.30. The van der Waals surface area contributed by atoms with E-state index in [0.29, 0.717) is 6.04 Å². The zero-order valence-electron chi connectivity index (χ0n) is 12.2. The van der Waals surface area contributed by atoms with Crippen LogP contribution in [0.3, 0.4) is 0 Å². The number of nitrogens with zero attached hydrogens (tertiary/aromatic N) is 1. The van der Waals surface area contributed by atoms with Gasteiger partial charge in [0, 0.05) is 30.5 Å². The van der Waals surface area contributed by atoms with Crippen LogP contribution >= 0.6 is 0 Å². The largest absolute Gasteiger partial charge is 0.382 e. The highest BCUT2D eigenvalue weighted by atomic mass is 15.1. The molecule has 104 valence electrons. The summed E-state index contributed by atoms with van der Waals surface area (Å²) in [5, 5.41) is 3.70. The SMILES string of the molecule is CC(C)C1CC(Nc2cccc(N3CCCC3)c2)C1. The lowest BCUT2D eigenvalue weighted by atomic mass is 9.73. The Kier molecular flexibility index (Phi) is 3.67. The molecular formula is C17H26N2. The monoisotopic (exact) mass is 258 g/mol. The number of rotatable bonds is 4. The maximum atomic E-state index is 3.70. The maximum absolute atomic E-state index is 3.70. The summed E-state index contributed by atoms with van der Waals surface area (Å²) in [6, 6.07) is 9.67. The molecule has 0 spiro atoms. The molecule has 1 aliphatic carbocycles.